The van der Waals surface area contributed by atoms with Crippen LogP contribution in [0.3, 0.4) is 0 Å². The average Bonchev–Trinajstić information content (AvgIpc) is 2.68. The van der Waals surface area contributed by atoms with Gasteiger partial charge in [0, 0.05) is 26.1 Å². The standard InChI is InChI=1S/C13H14N2O5/c1-20-6-2-3-10(13(18)19)15-11(16)8-4-5-14-7-9(8)12(15)17/h4-5,7,10H,2-3,6H2,1H3,(H,18,19). The Labute approximate surface area is 115 Å². The van der Waals surface area contributed by atoms with Crippen molar-refractivity contribution in [2.24, 2.45) is 0 Å². The maximum Gasteiger partial charge on any atom is 0.326 e. The van der Waals surface area contributed by atoms with Gasteiger partial charge in [0.25, 0.3) is 11.8 Å². The van der Waals surface area contributed by atoms with E-state index in [0.29, 0.717) is 13.0 Å². The number of aliphatic carboxylic acids is 1. The minimum Gasteiger partial charge on any atom is -0.480 e. The van der Waals surface area contributed by atoms with Crippen LogP contribution in [-0.4, -0.2) is 52.5 Å². The summed E-state index contributed by atoms with van der Waals surface area (Å²) >= 11 is 0. The van der Waals surface area contributed by atoms with Crippen LogP contribution in [0, 0.1) is 0 Å². The van der Waals surface area contributed by atoms with Crippen molar-refractivity contribution in [3.05, 3.63) is 29.6 Å². The molecule has 1 aliphatic heterocycles. The number of carbonyl (C=O) groups is 3. The predicted molar refractivity (Wildman–Crippen MR) is 67.3 cm³/mol. The number of hydrogen-bond acceptors (Lipinski definition) is 5. The highest BCUT2D eigenvalue weighted by molar-refractivity contribution is 6.22. The van der Waals surface area contributed by atoms with Crippen molar-refractivity contribution >= 4 is 17.8 Å². The van der Waals surface area contributed by atoms with Crippen LogP contribution in [-0.2, 0) is 9.53 Å². The lowest BCUT2D eigenvalue weighted by Crippen LogP contribution is -2.44. The number of imide groups is 1. The van der Waals surface area contributed by atoms with Crippen molar-refractivity contribution in [3.63, 3.8) is 0 Å². The summed E-state index contributed by atoms with van der Waals surface area (Å²) in [5.74, 6) is -2.40. The van der Waals surface area contributed by atoms with E-state index in [9.17, 15) is 19.5 Å². The quantitative estimate of drug-likeness (QED) is 0.603. The summed E-state index contributed by atoms with van der Waals surface area (Å²) in [6.07, 6.45) is 3.28. The third-order valence-corrected chi connectivity index (χ3v) is 3.14. The van der Waals surface area contributed by atoms with Gasteiger partial charge in [-0.2, -0.15) is 0 Å². The lowest BCUT2D eigenvalue weighted by molar-refractivity contribution is -0.141. The molecule has 1 aromatic rings. The first-order valence-electron chi connectivity index (χ1n) is 6.11. The summed E-state index contributed by atoms with van der Waals surface area (Å²) in [6.45, 7) is 0.370. The largest absolute Gasteiger partial charge is 0.480 e. The van der Waals surface area contributed by atoms with Crippen LogP contribution in [0.5, 0.6) is 0 Å². The number of amides is 2. The average molecular weight is 278 g/mol. The first kappa shape index (κ1) is 14.1. The van der Waals surface area contributed by atoms with Crippen molar-refractivity contribution < 1.29 is 24.2 Å². The van der Waals surface area contributed by atoms with Gasteiger partial charge in [0.1, 0.15) is 6.04 Å². The van der Waals surface area contributed by atoms with Gasteiger partial charge in [0.2, 0.25) is 0 Å². The minimum absolute atomic E-state index is 0.149. The number of carboxylic acids is 1. The van der Waals surface area contributed by atoms with Gasteiger partial charge < -0.3 is 9.84 Å². The smallest absolute Gasteiger partial charge is 0.326 e. The molecule has 1 atom stereocenters. The molecule has 0 bridgehead atoms. The third-order valence-electron chi connectivity index (χ3n) is 3.14. The van der Waals surface area contributed by atoms with Gasteiger partial charge in [0.05, 0.1) is 11.1 Å². The van der Waals surface area contributed by atoms with E-state index in [1.807, 2.05) is 0 Å². The topological polar surface area (TPSA) is 96.8 Å². The minimum atomic E-state index is -1.21. The van der Waals surface area contributed by atoms with Gasteiger partial charge in [-0.25, -0.2) is 4.79 Å². The van der Waals surface area contributed by atoms with Gasteiger partial charge in [0.15, 0.2) is 0 Å². The molecule has 1 aromatic heterocycles. The maximum atomic E-state index is 12.2. The van der Waals surface area contributed by atoms with Crippen molar-refractivity contribution in [1.29, 1.82) is 0 Å². The molecule has 0 saturated heterocycles. The van der Waals surface area contributed by atoms with Crippen LogP contribution in [0.2, 0.25) is 0 Å². The molecule has 0 aliphatic carbocycles. The van der Waals surface area contributed by atoms with Gasteiger partial charge in [-0.15, -0.1) is 0 Å². The van der Waals surface area contributed by atoms with Crippen molar-refractivity contribution in [2.75, 3.05) is 13.7 Å². The van der Waals surface area contributed by atoms with Crippen LogP contribution in [0.1, 0.15) is 33.6 Å². The summed E-state index contributed by atoms with van der Waals surface area (Å²) in [5.41, 5.74) is 0.346. The molecule has 0 aromatic carbocycles. The molecule has 2 heterocycles. The lowest BCUT2D eigenvalue weighted by atomic mass is 10.1. The Morgan fingerprint density at radius 3 is 2.70 bits per heavy atom. The number of aromatic nitrogens is 1. The monoisotopic (exact) mass is 278 g/mol. The van der Waals surface area contributed by atoms with Crippen LogP contribution < -0.4 is 0 Å². The Kier molecular flexibility index (Phi) is 4.09. The molecular formula is C13H14N2O5. The van der Waals surface area contributed by atoms with Crippen LogP contribution in [0.4, 0.5) is 0 Å². The Morgan fingerprint density at radius 1 is 1.40 bits per heavy atom. The first-order chi connectivity index (χ1) is 9.57. The second-order valence-corrected chi connectivity index (χ2v) is 4.39. The molecule has 7 nitrogen and oxygen atoms in total. The second-order valence-electron chi connectivity index (χ2n) is 4.39. The molecule has 20 heavy (non-hydrogen) atoms. The highest BCUT2D eigenvalue weighted by atomic mass is 16.5. The summed E-state index contributed by atoms with van der Waals surface area (Å²) in [7, 11) is 1.50. The second kappa shape index (κ2) is 5.79. The number of pyridine rings is 1. The normalized spacial score (nSPS) is 15.3. The van der Waals surface area contributed by atoms with E-state index in [4.69, 9.17) is 4.74 Å². The molecule has 106 valence electrons. The number of rotatable bonds is 6. The Balaban J connectivity index is 2.25. The zero-order valence-corrected chi connectivity index (χ0v) is 10.9. The lowest BCUT2D eigenvalue weighted by Gasteiger charge is -2.22. The molecule has 0 radical (unpaired) electrons. The van der Waals surface area contributed by atoms with E-state index in [2.05, 4.69) is 4.98 Å². The van der Waals surface area contributed by atoms with E-state index < -0.39 is 23.8 Å². The third kappa shape index (κ3) is 2.39. The number of hydrogen-bond donors (Lipinski definition) is 1. The van der Waals surface area contributed by atoms with Crippen molar-refractivity contribution in [1.82, 2.24) is 9.88 Å². The van der Waals surface area contributed by atoms with Gasteiger partial charge >= 0.3 is 5.97 Å². The molecule has 0 saturated carbocycles. The Morgan fingerprint density at radius 2 is 2.10 bits per heavy atom. The molecule has 2 amide bonds. The summed E-state index contributed by atoms with van der Waals surface area (Å²) < 4.78 is 4.86. The number of fused-ring (bicyclic) bond motifs is 1. The van der Waals surface area contributed by atoms with Gasteiger partial charge in [-0.1, -0.05) is 0 Å². The predicted octanol–water partition coefficient (Wildman–Crippen LogP) is 0.557. The van der Waals surface area contributed by atoms with Crippen LogP contribution >= 0.6 is 0 Å². The number of carbonyl (C=O) groups excluding carboxylic acids is 2. The SMILES string of the molecule is COCCCC(C(=O)O)N1C(=O)c2ccncc2C1=O. The highest BCUT2D eigenvalue weighted by Gasteiger charge is 2.42. The van der Waals surface area contributed by atoms with E-state index in [0.717, 1.165) is 4.90 Å². The molecule has 2 rings (SSSR count). The first-order valence-corrected chi connectivity index (χ1v) is 6.11. The number of ether oxygens (including phenoxy) is 1. The molecule has 7 heteroatoms. The van der Waals surface area contributed by atoms with Crippen molar-refractivity contribution in [2.45, 2.75) is 18.9 Å². The molecular weight excluding hydrogens is 264 g/mol. The fourth-order valence-corrected chi connectivity index (χ4v) is 2.17. The zero-order valence-electron chi connectivity index (χ0n) is 10.9. The Bertz CT molecular complexity index is 522. The molecule has 1 N–H and O–H groups in total. The molecule has 1 aliphatic rings. The van der Waals surface area contributed by atoms with E-state index in [1.165, 1.54) is 25.6 Å². The van der Waals surface area contributed by atoms with E-state index >= 15 is 0 Å². The van der Waals surface area contributed by atoms with Crippen molar-refractivity contribution in [3.8, 4) is 0 Å². The summed E-state index contributed by atoms with van der Waals surface area (Å²) in [4.78, 5) is 40.2. The Hall–Kier alpha value is -2.28. The summed E-state index contributed by atoms with van der Waals surface area (Å²) in [5, 5.41) is 9.25. The number of nitrogens with zero attached hydrogens (tertiary/aromatic N) is 2. The van der Waals surface area contributed by atoms with Crippen LogP contribution in [0.15, 0.2) is 18.5 Å². The highest BCUT2D eigenvalue weighted by Crippen LogP contribution is 2.25. The molecule has 0 fully saturated rings. The molecule has 0 spiro atoms. The fraction of sp³-hybridized carbons (Fsp3) is 0.385. The van der Waals surface area contributed by atoms with Crippen LogP contribution in [0.25, 0.3) is 0 Å². The zero-order chi connectivity index (χ0) is 14.7. The van der Waals surface area contributed by atoms with Gasteiger partial charge in [-0.05, 0) is 18.9 Å². The molecule has 1 unspecified atom stereocenters. The van der Waals surface area contributed by atoms with E-state index in [1.54, 1.807) is 0 Å². The number of methoxy groups -OCH3 is 1. The fourth-order valence-electron chi connectivity index (χ4n) is 2.17. The van der Waals surface area contributed by atoms with Gasteiger partial charge in [-0.3, -0.25) is 19.5 Å². The summed E-state index contributed by atoms with van der Waals surface area (Å²) in [6, 6.07) is 0.237. The van der Waals surface area contributed by atoms with E-state index in [-0.39, 0.29) is 17.5 Å². The number of carboxylic acid groups (broad SMARTS) is 1. The maximum absolute atomic E-state index is 12.2.